The summed E-state index contributed by atoms with van der Waals surface area (Å²) in [5, 5.41) is 4.64. The van der Waals surface area contributed by atoms with Gasteiger partial charge in [-0.1, -0.05) is 51.6 Å². The third-order valence-electron chi connectivity index (χ3n) is 4.12. The molecule has 0 atom stereocenters. The summed E-state index contributed by atoms with van der Waals surface area (Å²) in [5.41, 5.74) is -5.46. The maximum absolute atomic E-state index is 13.8. The van der Waals surface area contributed by atoms with Crippen molar-refractivity contribution in [1.82, 2.24) is 19.7 Å². The zero-order chi connectivity index (χ0) is 26.5. The lowest BCUT2D eigenvalue weighted by Crippen LogP contribution is -2.33. The van der Waals surface area contributed by atoms with Gasteiger partial charge in [0.1, 0.15) is 10.6 Å². The van der Waals surface area contributed by atoms with E-state index in [1.807, 2.05) is 0 Å². The minimum Gasteiger partial charge on any atom is -0.266 e. The van der Waals surface area contributed by atoms with Gasteiger partial charge < -0.3 is 0 Å². The van der Waals surface area contributed by atoms with E-state index < -0.39 is 70.9 Å². The van der Waals surface area contributed by atoms with Crippen molar-refractivity contribution in [2.45, 2.75) is 17.2 Å². The van der Waals surface area contributed by atoms with Crippen molar-refractivity contribution in [3.8, 4) is 5.69 Å². The standard InChI is InChI=1S/C17H6Cl4F6N4O3S/c18-7-4-9(20)13(10(21)5-7)31-14(17(25,26)27)12(28-30-31)15(32)29-35(33,34)11-3-6(16(22,23)24)1-2-8(11)19/h1-5H,(H,29,32). The van der Waals surface area contributed by atoms with Gasteiger partial charge in [0.15, 0.2) is 11.4 Å². The molecule has 0 unspecified atom stereocenters. The number of nitrogens with one attached hydrogen (secondary N) is 1. The fraction of sp³-hybridized carbons (Fsp3) is 0.118. The van der Waals surface area contributed by atoms with E-state index in [2.05, 4.69) is 10.3 Å². The van der Waals surface area contributed by atoms with E-state index in [9.17, 15) is 39.6 Å². The Hall–Kier alpha value is -2.26. The molecule has 1 amide bonds. The molecule has 188 valence electrons. The van der Waals surface area contributed by atoms with Crippen LogP contribution in [0.4, 0.5) is 26.3 Å². The summed E-state index contributed by atoms with van der Waals surface area (Å²) in [7, 11) is -5.21. The summed E-state index contributed by atoms with van der Waals surface area (Å²) in [6.07, 6.45) is -10.3. The number of carbonyl (C=O) groups excluding carboxylic acids is 1. The highest BCUT2D eigenvalue weighted by atomic mass is 35.5. The lowest BCUT2D eigenvalue weighted by molar-refractivity contribution is -0.143. The number of sulfonamides is 1. The zero-order valence-electron chi connectivity index (χ0n) is 16.1. The van der Waals surface area contributed by atoms with E-state index in [-0.39, 0.29) is 15.8 Å². The third-order valence-corrected chi connectivity index (χ3v) is 6.73. The van der Waals surface area contributed by atoms with Crippen molar-refractivity contribution in [1.29, 1.82) is 0 Å². The maximum atomic E-state index is 13.8. The average molecular weight is 602 g/mol. The Kier molecular flexibility index (Phi) is 7.27. The van der Waals surface area contributed by atoms with Gasteiger partial charge in [-0.15, -0.1) is 5.10 Å². The Morgan fingerprint density at radius 2 is 1.46 bits per heavy atom. The molecule has 0 aliphatic carbocycles. The Balaban J connectivity index is 2.11. The van der Waals surface area contributed by atoms with E-state index in [1.165, 1.54) is 4.72 Å². The largest absolute Gasteiger partial charge is 0.435 e. The molecular formula is C17H6Cl4F6N4O3S. The predicted octanol–water partition coefficient (Wildman–Crippen LogP) is 6.04. The zero-order valence-corrected chi connectivity index (χ0v) is 20.0. The normalized spacial score (nSPS) is 12.6. The van der Waals surface area contributed by atoms with Crippen molar-refractivity contribution >= 4 is 62.3 Å². The monoisotopic (exact) mass is 600 g/mol. The summed E-state index contributed by atoms with van der Waals surface area (Å²) in [6, 6.07) is 3.20. The molecule has 1 heterocycles. The second-order valence-electron chi connectivity index (χ2n) is 6.49. The molecule has 0 aliphatic rings. The number of rotatable bonds is 4. The molecule has 35 heavy (non-hydrogen) atoms. The van der Waals surface area contributed by atoms with Crippen LogP contribution in [0.3, 0.4) is 0 Å². The highest BCUT2D eigenvalue weighted by Gasteiger charge is 2.43. The quantitative estimate of drug-likeness (QED) is 0.368. The molecule has 18 heteroatoms. The van der Waals surface area contributed by atoms with Crippen LogP contribution in [0, 0.1) is 0 Å². The number of carbonyl (C=O) groups is 1. The summed E-state index contributed by atoms with van der Waals surface area (Å²) >= 11 is 23.2. The first-order chi connectivity index (χ1) is 15.9. The number of halogens is 10. The summed E-state index contributed by atoms with van der Waals surface area (Å²) in [6.45, 7) is 0. The Labute approximate surface area is 211 Å². The molecule has 0 radical (unpaired) electrons. The average Bonchev–Trinajstić information content (AvgIpc) is 3.11. The van der Waals surface area contributed by atoms with Gasteiger partial charge in [-0.05, 0) is 30.3 Å². The predicted molar refractivity (Wildman–Crippen MR) is 112 cm³/mol. The van der Waals surface area contributed by atoms with Crippen LogP contribution in [0.25, 0.3) is 5.69 Å². The summed E-state index contributed by atoms with van der Waals surface area (Å²) in [4.78, 5) is 11.3. The van der Waals surface area contributed by atoms with Gasteiger partial charge in [0.25, 0.3) is 15.9 Å². The van der Waals surface area contributed by atoms with Gasteiger partial charge in [0, 0.05) is 5.02 Å². The third kappa shape index (κ3) is 5.61. The number of alkyl halides is 6. The van der Waals surface area contributed by atoms with E-state index in [4.69, 9.17) is 46.4 Å². The van der Waals surface area contributed by atoms with Crippen LogP contribution in [0.5, 0.6) is 0 Å². The van der Waals surface area contributed by atoms with Crippen LogP contribution in [-0.2, 0) is 22.4 Å². The first kappa shape index (κ1) is 27.3. The van der Waals surface area contributed by atoms with Crippen LogP contribution in [0.1, 0.15) is 21.7 Å². The molecule has 0 spiro atoms. The Bertz CT molecular complexity index is 1420. The van der Waals surface area contributed by atoms with Gasteiger partial charge in [0.05, 0.1) is 20.6 Å². The highest BCUT2D eigenvalue weighted by molar-refractivity contribution is 7.90. The molecule has 0 aliphatic heterocycles. The molecule has 7 nitrogen and oxygen atoms in total. The first-order valence-corrected chi connectivity index (χ1v) is 11.5. The molecular weight excluding hydrogens is 596 g/mol. The molecule has 0 saturated heterocycles. The van der Waals surface area contributed by atoms with Crippen LogP contribution < -0.4 is 4.72 Å². The van der Waals surface area contributed by atoms with E-state index in [1.54, 1.807) is 0 Å². The van der Waals surface area contributed by atoms with Crippen molar-refractivity contribution in [2.75, 3.05) is 0 Å². The molecule has 3 aromatic rings. The highest BCUT2D eigenvalue weighted by Crippen LogP contribution is 2.38. The molecule has 0 bridgehead atoms. The number of aromatic nitrogens is 3. The fourth-order valence-electron chi connectivity index (χ4n) is 2.69. The van der Waals surface area contributed by atoms with Crippen molar-refractivity contribution in [2.24, 2.45) is 0 Å². The van der Waals surface area contributed by atoms with Crippen molar-refractivity contribution in [3.05, 3.63) is 67.4 Å². The van der Waals surface area contributed by atoms with Gasteiger partial charge in [-0.25, -0.2) is 17.8 Å². The van der Waals surface area contributed by atoms with Gasteiger partial charge in [0.2, 0.25) is 0 Å². The summed E-state index contributed by atoms with van der Waals surface area (Å²) < 4.78 is 107. The Morgan fingerprint density at radius 1 is 0.886 bits per heavy atom. The molecule has 0 saturated carbocycles. The maximum Gasteiger partial charge on any atom is 0.435 e. The van der Waals surface area contributed by atoms with Crippen molar-refractivity contribution < 1.29 is 39.6 Å². The lowest BCUT2D eigenvalue weighted by atomic mass is 10.2. The number of hydrogen-bond acceptors (Lipinski definition) is 5. The SMILES string of the molecule is O=C(NS(=O)(=O)c1cc(C(F)(F)F)ccc1Cl)c1nnn(-c2c(Cl)cc(Cl)cc2Cl)c1C(F)(F)F. The van der Waals surface area contributed by atoms with Crippen LogP contribution in [-0.4, -0.2) is 29.3 Å². The van der Waals surface area contributed by atoms with E-state index >= 15 is 0 Å². The number of nitrogens with zero attached hydrogens (tertiary/aromatic N) is 3. The molecule has 1 aromatic heterocycles. The van der Waals surface area contributed by atoms with Crippen LogP contribution >= 0.6 is 46.4 Å². The van der Waals surface area contributed by atoms with Gasteiger partial charge >= 0.3 is 12.4 Å². The second-order valence-corrected chi connectivity index (χ2v) is 9.80. The molecule has 2 aromatic carbocycles. The van der Waals surface area contributed by atoms with E-state index in [0.29, 0.717) is 12.1 Å². The second kappa shape index (κ2) is 9.32. The molecule has 0 fully saturated rings. The number of benzene rings is 2. The van der Waals surface area contributed by atoms with Crippen LogP contribution in [0.15, 0.2) is 35.2 Å². The first-order valence-electron chi connectivity index (χ1n) is 8.55. The van der Waals surface area contributed by atoms with Gasteiger partial charge in [-0.3, -0.25) is 4.79 Å². The van der Waals surface area contributed by atoms with E-state index in [0.717, 1.165) is 12.1 Å². The summed E-state index contributed by atoms with van der Waals surface area (Å²) in [5.74, 6) is -1.97. The number of hydrogen-bond donors (Lipinski definition) is 1. The van der Waals surface area contributed by atoms with Crippen LogP contribution in [0.2, 0.25) is 20.1 Å². The fourth-order valence-corrected chi connectivity index (χ4v) is 5.15. The smallest absolute Gasteiger partial charge is 0.266 e. The molecule has 3 rings (SSSR count). The molecule has 1 N–H and O–H groups in total. The van der Waals surface area contributed by atoms with Crippen molar-refractivity contribution in [3.63, 3.8) is 0 Å². The topological polar surface area (TPSA) is 93.9 Å². The Morgan fingerprint density at radius 3 is 1.97 bits per heavy atom. The lowest BCUT2D eigenvalue weighted by Gasteiger charge is -2.14. The number of amides is 1. The minimum absolute atomic E-state index is 0.0414. The van der Waals surface area contributed by atoms with Gasteiger partial charge in [-0.2, -0.15) is 26.3 Å². The minimum atomic E-state index is -5.36.